The summed E-state index contributed by atoms with van der Waals surface area (Å²) in [5, 5.41) is 2.48. The summed E-state index contributed by atoms with van der Waals surface area (Å²) < 4.78 is 5.55. The van der Waals surface area contributed by atoms with Crippen LogP contribution < -0.4 is 10.5 Å². The van der Waals surface area contributed by atoms with E-state index in [-0.39, 0.29) is 6.04 Å². The molecular formula is C17H21NO. The summed E-state index contributed by atoms with van der Waals surface area (Å²) in [6.45, 7) is 0. The fourth-order valence-corrected chi connectivity index (χ4v) is 3.35. The molecule has 1 saturated carbocycles. The van der Waals surface area contributed by atoms with Gasteiger partial charge in [0.05, 0.1) is 7.11 Å². The van der Waals surface area contributed by atoms with Crippen molar-refractivity contribution in [3.05, 3.63) is 42.0 Å². The van der Waals surface area contributed by atoms with E-state index >= 15 is 0 Å². The number of ether oxygens (including phenoxy) is 1. The van der Waals surface area contributed by atoms with Crippen molar-refractivity contribution in [2.24, 2.45) is 11.7 Å². The van der Waals surface area contributed by atoms with E-state index in [0.29, 0.717) is 5.92 Å². The molecule has 2 nitrogen and oxygen atoms in total. The first-order valence-corrected chi connectivity index (χ1v) is 7.12. The molecule has 1 aliphatic carbocycles. The summed E-state index contributed by atoms with van der Waals surface area (Å²) in [4.78, 5) is 0. The molecule has 2 aromatic carbocycles. The van der Waals surface area contributed by atoms with Crippen molar-refractivity contribution in [3.63, 3.8) is 0 Å². The van der Waals surface area contributed by atoms with E-state index in [4.69, 9.17) is 10.5 Å². The molecule has 0 bridgehead atoms. The Balaban J connectivity index is 2.13. The third-order valence-electron chi connectivity index (χ3n) is 4.39. The van der Waals surface area contributed by atoms with Crippen molar-refractivity contribution >= 4 is 10.8 Å². The molecule has 0 amide bonds. The lowest BCUT2D eigenvalue weighted by Crippen LogP contribution is -2.20. The zero-order valence-corrected chi connectivity index (χ0v) is 11.4. The molecular weight excluding hydrogens is 234 g/mol. The van der Waals surface area contributed by atoms with Crippen LogP contribution in [0.2, 0.25) is 0 Å². The highest BCUT2D eigenvalue weighted by atomic mass is 16.5. The molecule has 0 saturated heterocycles. The molecule has 19 heavy (non-hydrogen) atoms. The Labute approximate surface area is 114 Å². The van der Waals surface area contributed by atoms with E-state index in [9.17, 15) is 0 Å². The predicted octanol–water partition coefficient (Wildman–Crippen LogP) is 4.04. The smallest absolute Gasteiger partial charge is 0.124 e. The molecule has 0 heterocycles. The van der Waals surface area contributed by atoms with Crippen LogP contribution in [0.4, 0.5) is 0 Å². The average Bonchev–Trinajstić information content (AvgIpc) is 2.99. The van der Waals surface area contributed by atoms with Crippen LogP contribution in [0.15, 0.2) is 36.4 Å². The Hall–Kier alpha value is -1.54. The van der Waals surface area contributed by atoms with Gasteiger partial charge < -0.3 is 10.5 Å². The maximum absolute atomic E-state index is 6.56. The molecule has 2 heteroatoms. The summed E-state index contributed by atoms with van der Waals surface area (Å²) in [5.74, 6) is 1.53. The fourth-order valence-electron chi connectivity index (χ4n) is 3.35. The minimum absolute atomic E-state index is 0.0866. The second-order valence-electron chi connectivity index (χ2n) is 5.47. The molecule has 0 radical (unpaired) electrons. The Bertz CT molecular complexity index is 572. The van der Waals surface area contributed by atoms with Crippen LogP contribution in [-0.2, 0) is 0 Å². The number of nitrogens with two attached hydrogens (primary N) is 1. The largest absolute Gasteiger partial charge is 0.496 e. The summed E-state index contributed by atoms with van der Waals surface area (Å²) in [6.07, 6.45) is 5.11. The maximum Gasteiger partial charge on any atom is 0.124 e. The monoisotopic (exact) mass is 255 g/mol. The number of fused-ring (bicyclic) bond motifs is 1. The summed E-state index contributed by atoms with van der Waals surface area (Å²) in [6, 6.07) is 12.7. The minimum Gasteiger partial charge on any atom is -0.496 e. The van der Waals surface area contributed by atoms with E-state index < -0.39 is 0 Å². The van der Waals surface area contributed by atoms with Gasteiger partial charge in [-0.05, 0) is 35.6 Å². The molecule has 3 rings (SSSR count). The van der Waals surface area contributed by atoms with E-state index in [1.54, 1.807) is 7.11 Å². The van der Waals surface area contributed by atoms with Gasteiger partial charge in [0.25, 0.3) is 0 Å². The summed E-state index contributed by atoms with van der Waals surface area (Å²) in [7, 11) is 1.73. The van der Waals surface area contributed by atoms with Crippen molar-refractivity contribution < 1.29 is 4.74 Å². The number of benzene rings is 2. The highest BCUT2D eigenvalue weighted by molar-refractivity contribution is 5.88. The SMILES string of the molecule is COc1ccc2ccccc2c1[C@H](N)C1CCCC1. The van der Waals surface area contributed by atoms with Crippen LogP contribution in [0.25, 0.3) is 10.8 Å². The van der Waals surface area contributed by atoms with Gasteiger partial charge in [-0.1, -0.05) is 43.2 Å². The quantitative estimate of drug-likeness (QED) is 0.898. The van der Waals surface area contributed by atoms with Crippen LogP contribution in [0.1, 0.15) is 37.3 Å². The van der Waals surface area contributed by atoms with Crippen molar-refractivity contribution in [1.82, 2.24) is 0 Å². The summed E-state index contributed by atoms with van der Waals surface area (Å²) >= 11 is 0. The van der Waals surface area contributed by atoms with Crippen LogP contribution in [-0.4, -0.2) is 7.11 Å². The second-order valence-corrected chi connectivity index (χ2v) is 5.47. The lowest BCUT2D eigenvalue weighted by molar-refractivity contribution is 0.387. The zero-order chi connectivity index (χ0) is 13.2. The highest BCUT2D eigenvalue weighted by Gasteiger charge is 2.26. The average molecular weight is 255 g/mol. The third kappa shape index (κ3) is 2.21. The minimum atomic E-state index is 0.0866. The molecule has 0 spiro atoms. The van der Waals surface area contributed by atoms with Gasteiger partial charge in [-0.3, -0.25) is 0 Å². The van der Waals surface area contributed by atoms with Gasteiger partial charge in [-0.2, -0.15) is 0 Å². The maximum atomic E-state index is 6.56. The van der Waals surface area contributed by atoms with Gasteiger partial charge in [0, 0.05) is 11.6 Å². The van der Waals surface area contributed by atoms with E-state index in [1.165, 1.54) is 42.0 Å². The molecule has 1 aliphatic rings. The Morgan fingerprint density at radius 3 is 2.58 bits per heavy atom. The van der Waals surface area contributed by atoms with Crippen molar-refractivity contribution in [1.29, 1.82) is 0 Å². The van der Waals surface area contributed by atoms with Crippen LogP contribution >= 0.6 is 0 Å². The normalized spacial score (nSPS) is 17.8. The first-order chi connectivity index (χ1) is 9.31. The van der Waals surface area contributed by atoms with Gasteiger partial charge in [-0.15, -0.1) is 0 Å². The van der Waals surface area contributed by atoms with Crippen molar-refractivity contribution in [2.75, 3.05) is 7.11 Å². The number of rotatable bonds is 3. The number of hydrogen-bond donors (Lipinski definition) is 1. The lowest BCUT2D eigenvalue weighted by atomic mass is 9.88. The predicted molar refractivity (Wildman–Crippen MR) is 79.4 cm³/mol. The van der Waals surface area contributed by atoms with E-state index in [0.717, 1.165) is 5.75 Å². The Morgan fingerprint density at radius 2 is 1.84 bits per heavy atom. The van der Waals surface area contributed by atoms with Crippen LogP contribution in [0.5, 0.6) is 5.75 Å². The van der Waals surface area contributed by atoms with Gasteiger partial charge in [0.1, 0.15) is 5.75 Å². The molecule has 2 aromatic rings. The second kappa shape index (κ2) is 5.22. The topological polar surface area (TPSA) is 35.2 Å². The zero-order valence-electron chi connectivity index (χ0n) is 11.4. The van der Waals surface area contributed by atoms with Crippen molar-refractivity contribution in [2.45, 2.75) is 31.7 Å². The van der Waals surface area contributed by atoms with E-state index in [1.807, 2.05) is 6.07 Å². The van der Waals surface area contributed by atoms with Gasteiger partial charge in [0.2, 0.25) is 0 Å². The van der Waals surface area contributed by atoms with Gasteiger partial charge >= 0.3 is 0 Å². The number of hydrogen-bond acceptors (Lipinski definition) is 2. The third-order valence-corrected chi connectivity index (χ3v) is 4.39. The van der Waals surface area contributed by atoms with Gasteiger partial charge in [0.15, 0.2) is 0 Å². The highest BCUT2D eigenvalue weighted by Crippen LogP contribution is 2.40. The van der Waals surface area contributed by atoms with Crippen molar-refractivity contribution in [3.8, 4) is 5.75 Å². The molecule has 1 fully saturated rings. The Kier molecular flexibility index (Phi) is 3.43. The van der Waals surface area contributed by atoms with Crippen LogP contribution in [0, 0.1) is 5.92 Å². The fraction of sp³-hybridized carbons (Fsp3) is 0.412. The first kappa shape index (κ1) is 12.5. The Morgan fingerprint density at radius 1 is 1.11 bits per heavy atom. The lowest BCUT2D eigenvalue weighted by Gasteiger charge is -2.23. The molecule has 0 unspecified atom stereocenters. The molecule has 0 aromatic heterocycles. The first-order valence-electron chi connectivity index (χ1n) is 7.12. The van der Waals surface area contributed by atoms with Crippen LogP contribution in [0.3, 0.4) is 0 Å². The molecule has 2 N–H and O–H groups in total. The summed E-state index contributed by atoms with van der Waals surface area (Å²) in [5.41, 5.74) is 7.75. The van der Waals surface area contributed by atoms with Gasteiger partial charge in [-0.25, -0.2) is 0 Å². The standard InChI is InChI=1S/C17H21NO/c1-19-15-11-10-12-6-4-5-9-14(12)16(15)17(18)13-7-2-3-8-13/h4-6,9-11,13,17H,2-3,7-8,18H2,1H3/t17-/m1/s1. The van der Waals surface area contributed by atoms with E-state index in [2.05, 4.69) is 30.3 Å². The number of methoxy groups -OCH3 is 1. The molecule has 100 valence electrons. The molecule has 0 aliphatic heterocycles. The molecule has 1 atom stereocenters.